The zero-order chi connectivity index (χ0) is 21.9. The number of ether oxygens (including phenoxy) is 1. The van der Waals surface area contributed by atoms with Crippen molar-refractivity contribution in [3.8, 4) is 0 Å². The Labute approximate surface area is 140 Å². The molecule has 16 heteroatoms. The summed E-state index contributed by atoms with van der Waals surface area (Å²) in [4.78, 5) is -3.65. The molecule has 2 nitrogen and oxygen atoms in total. The Morgan fingerprint density at radius 1 is 0.778 bits per heavy atom. The van der Waals surface area contributed by atoms with Gasteiger partial charge in [0.1, 0.15) is 0 Å². The molecule has 0 N–H and O–H groups in total. The molecule has 0 unspecified atom stereocenters. The zero-order valence-corrected chi connectivity index (χ0v) is 12.6. The summed E-state index contributed by atoms with van der Waals surface area (Å²) in [7, 11) is 0. The van der Waals surface area contributed by atoms with Crippen molar-refractivity contribution in [2.45, 2.75) is 49.4 Å². The highest BCUT2D eigenvalue weighted by molar-refractivity contribution is 5.21. The Morgan fingerprint density at radius 3 is 1.48 bits per heavy atom. The maximum absolute atomic E-state index is 13.5. The van der Waals surface area contributed by atoms with Crippen LogP contribution < -0.4 is 0 Å². The summed E-state index contributed by atoms with van der Waals surface area (Å²) in [6, 6.07) is -21.4. The quantitative estimate of drug-likeness (QED) is 0.403. The third kappa shape index (κ3) is 3.03. The van der Waals surface area contributed by atoms with Crippen LogP contribution in [-0.2, 0) is 4.74 Å². The van der Waals surface area contributed by atoms with Crippen molar-refractivity contribution in [3.05, 3.63) is 11.7 Å². The van der Waals surface area contributed by atoms with E-state index in [0.29, 0.717) is 0 Å². The molecular formula is C11H7F14NO. The predicted octanol–water partition coefficient (Wildman–Crippen LogP) is 5.52. The molecule has 0 aromatic rings. The molecule has 1 rings (SSSR count). The first kappa shape index (κ1) is 23.7. The first-order chi connectivity index (χ1) is 11.7. The number of hydrogen-bond donors (Lipinski definition) is 0. The lowest BCUT2D eigenvalue weighted by atomic mass is 10.2. The van der Waals surface area contributed by atoms with Gasteiger partial charge in [-0.25, -0.2) is 4.39 Å². The molecule has 0 aromatic carbocycles. The van der Waals surface area contributed by atoms with Gasteiger partial charge in [0.25, 0.3) is 0 Å². The summed E-state index contributed by atoms with van der Waals surface area (Å²) in [6.45, 7) is -0.0242. The maximum atomic E-state index is 13.5. The summed E-state index contributed by atoms with van der Waals surface area (Å²) < 4.78 is 187. The Hall–Kier alpha value is -1.32. The number of alkyl halides is 12. The molecule has 1 fully saturated rings. The molecule has 0 aromatic heterocycles. The topological polar surface area (TPSA) is 12.5 Å². The number of rotatable bonds is 6. The molecular weight excluding hydrogens is 428 g/mol. The summed E-state index contributed by atoms with van der Waals surface area (Å²) >= 11 is 0. The summed E-state index contributed by atoms with van der Waals surface area (Å²) in [6.07, 6.45) is -5.97. The monoisotopic (exact) mass is 435 g/mol. The predicted molar refractivity (Wildman–Crippen MR) is 57.0 cm³/mol. The van der Waals surface area contributed by atoms with E-state index in [1.54, 1.807) is 0 Å². The molecule has 0 bridgehead atoms. The van der Waals surface area contributed by atoms with Crippen LogP contribution in [0, 0.1) is 0 Å². The lowest BCUT2D eigenvalue weighted by Gasteiger charge is -2.34. The molecule has 0 atom stereocenters. The van der Waals surface area contributed by atoms with Gasteiger partial charge in [-0.3, -0.25) is 0 Å². The van der Waals surface area contributed by atoms with Crippen molar-refractivity contribution in [3.63, 3.8) is 0 Å². The van der Waals surface area contributed by atoms with Gasteiger partial charge in [0.2, 0.25) is 11.7 Å². The van der Waals surface area contributed by atoms with Crippen LogP contribution in [0.3, 0.4) is 0 Å². The number of likely N-dealkylation sites (tertiary alicyclic amines) is 1. The van der Waals surface area contributed by atoms with Crippen molar-refractivity contribution in [1.29, 1.82) is 0 Å². The minimum atomic E-state index is -7.20. The van der Waals surface area contributed by atoms with Crippen LogP contribution >= 0.6 is 0 Å². The van der Waals surface area contributed by atoms with Crippen LogP contribution in [0.5, 0.6) is 0 Å². The standard InChI is InChI=1S/C11H7F14NO/c1-2-3-27-7(16,17)5(13)4(12)6(14,15)26-10(22,23)8(18,19)9(20,21)11(26,24)25/h2-3H2,1H3/b5-4+. The second kappa shape index (κ2) is 6.35. The Kier molecular flexibility index (Phi) is 5.58. The van der Waals surface area contributed by atoms with Gasteiger partial charge in [-0.2, -0.15) is 57.1 Å². The van der Waals surface area contributed by atoms with Gasteiger partial charge < -0.3 is 4.74 Å². The minimum Gasteiger partial charge on any atom is -0.315 e. The normalized spacial score (nSPS) is 25.4. The molecule has 160 valence electrons. The Morgan fingerprint density at radius 2 is 1.15 bits per heavy atom. The fraction of sp³-hybridized carbons (Fsp3) is 0.818. The molecule has 0 amide bonds. The number of halogens is 14. The molecule has 1 saturated heterocycles. The van der Waals surface area contributed by atoms with Crippen molar-refractivity contribution < 1.29 is 66.2 Å². The van der Waals surface area contributed by atoms with E-state index in [1.165, 1.54) is 0 Å². The highest BCUT2D eigenvalue weighted by atomic mass is 19.4. The van der Waals surface area contributed by atoms with E-state index in [-0.39, 0.29) is 6.42 Å². The van der Waals surface area contributed by atoms with E-state index in [0.717, 1.165) is 6.92 Å². The van der Waals surface area contributed by atoms with Crippen molar-refractivity contribution in [1.82, 2.24) is 4.90 Å². The summed E-state index contributed by atoms with van der Waals surface area (Å²) in [5.74, 6) is -22.9. The molecule has 1 aliphatic heterocycles. The second-order valence-corrected chi connectivity index (χ2v) is 5.10. The van der Waals surface area contributed by atoms with Crippen LogP contribution in [-0.4, -0.2) is 47.6 Å². The fourth-order valence-electron chi connectivity index (χ4n) is 1.84. The van der Waals surface area contributed by atoms with Gasteiger partial charge in [0.05, 0.1) is 6.61 Å². The molecule has 1 aliphatic rings. The Bertz CT molecular complexity index is 586. The van der Waals surface area contributed by atoms with E-state index in [1.807, 2.05) is 0 Å². The zero-order valence-electron chi connectivity index (χ0n) is 12.6. The fourth-order valence-corrected chi connectivity index (χ4v) is 1.84. The molecule has 0 spiro atoms. The van der Waals surface area contributed by atoms with E-state index >= 15 is 0 Å². The molecule has 0 aliphatic carbocycles. The van der Waals surface area contributed by atoms with Crippen LogP contribution in [0.2, 0.25) is 0 Å². The largest absolute Gasteiger partial charge is 0.412 e. The van der Waals surface area contributed by atoms with Crippen LogP contribution in [0.4, 0.5) is 61.5 Å². The average Bonchev–Trinajstić information content (AvgIpc) is 2.56. The molecule has 0 radical (unpaired) electrons. The summed E-state index contributed by atoms with van der Waals surface area (Å²) in [5.41, 5.74) is 0. The van der Waals surface area contributed by atoms with E-state index < -0.39 is 59.3 Å². The lowest BCUT2D eigenvalue weighted by Crippen LogP contribution is -2.59. The third-order valence-corrected chi connectivity index (χ3v) is 3.19. The highest BCUT2D eigenvalue weighted by Crippen LogP contribution is 2.66. The number of nitrogens with zero attached hydrogens (tertiary/aromatic N) is 1. The van der Waals surface area contributed by atoms with Crippen molar-refractivity contribution >= 4 is 0 Å². The molecule has 27 heavy (non-hydrogen) atoms. The van der Waals surface area contributed by atoms with Gasteiger partial charge in [-0.05, 0) is 6.42 Å². The van der Waals surface area contributed by atoms with Crippen LogP contribution in [0.15, 0.2) is 11.7 Å². The van der Waals surface area contributed by atoms with E-state index in [2.05, 4.69) is 4.74 Å². The molecule has 1 heterocycles. The number of hydrogen-bond acceptors (Lipinski definition) is 2. The lowest BCUT2D eigenvalue weighted by molar-refractivity contribution is -0.356. The smallest absolute Gasteiger partial charge is 0.315 e. The van der Waals surface area contributed by atoms with Crippen LogP contribution in [0.25, 0.3) is 0 Å². The van der Waals surface area contributed by atoms with Crippen LogP contribution in [0.1, 0.15) is 13.3 Å². The first-order valence-corrected chi connectivity index (χ1v) is 6.52. The van der Waals surface area contributed by atoms with Crippen molar-refractivity contribution in [2.24, 2.45) is 0 Å². The highest BCUT2D eigenvalue weighted by Gasteiger charge is 2.96. The van der Waals surface area contributed by atoms with Gasteiger partial charge in [-0.1, -0.05) is 6.92 Å². The Balaban J connectivity index is 3.60. The van der Waals surface area contributed by atoms with Crippen molar-refractivity contribution in [2.75, 3.05) is 6.61 Å². The van der Waals surface area contributed by atoms with E-state index in [9.17, 15) is 61.5 Å². The minimum absolute atomic E-state index is 0.346. The third-order valence-electron chi connectivity index (χ3n) is 3.19. The average molecular weight is 435 g/mol. The SMILES string of the molecule is CCCOC(F)(F)/C(F)=C(\F)C(F)(F)N1C(F)(F)C(F)(F)C(F)(F)C1(F)F. The van der Waals surface area contributed by atoms with E-state index in [4.69, 9.17) is 0 Å². The summed E-state index contributed by atoms with van der Waals surface area (Å²) in [5, 5.41) is 0. The van der Waals surface area contributed by atoms with Gasteiger partial charge in [0, 0.05) is 0 Å². The van der Waals surface area contributed by atoms with Gasteiger partial charge in [0.15, 0.2) is 0 Å². The molecule has 0 saturated carbocycles. The van der Waals surface area contributed by atoms with Gasteiger partial charge >= 0.3 is 36.1 Å². The maximum Gasteiger partial charge on any atom is 0.412 e. The van der Waals surface area contributed by atoms with Gasteiger partial charge in [-0.15, -0.1) is 4.90 Å². The first-order valence-electron chi connectivity index (χ1n) is 6.52. The second-order valence-electron chi connectivity index (χ2n) is 5.10.